The second-order valence-corrected chi connectivity index (χ2v) is 7.11. The predicted octanol–water partition coefficient (Wildman–Crippen LogP) is 4.97. The molecule has 0 saturated heterocycles. The summed E-state index contributed by atoms with van der Waals surface area (Å²) in [7, 11) is 0. The summed E-state index contributed by atoms with van der Waals surface area (Å²) in [5.74, 6) is 0.393. The number of anilines is 1. The zero-order valence-electron chi connectivity index (χ0n) is 15.6. The third-order valence-corrected chi connectivity index (χ3v) is 3.67. The van der Waals surface area contributed by atoms with Crippen molar-refractivity contribution < 1.29 is 19.4 Å². The summed E-state index contributed by atoms with van der Waals surface area (Å²) in [6.45, 7) is 8.24. The van der Waals surface area contributed by atoms with Crippen molar-refractivity contribution >= 4 is 17.9 Å². The predicted molar refractivity (Wildman–Crippen MR) is 99.2 cm³/mol. The van der Waals surface area contributed by atoms with E-state index >= 15 is 0 Å². The molecule has 1 atom stereocenters. The van der Waals surface area contributed by atoms with Crippen LogP contribution in [0.1, 0.15) is 64.9 Å². The molecule has 2 amide bonds. The highest BCUT2D eigenvalue weighted by Gasteiger charge is 2.16. The molecule has 0 aliphatic rings. The summed E-state index contributed by atoms with van der Waals surface area (Å²) in [4.78, 5) is 22.3. The smallest absolute Gasteiger partial charge is 0.409 e. The zero-order valence-corrected chi connectivity index (χ0v) is 15.6. The molecule has 1 unspecified atom stereocenters. The minimum atomic E-state index is -1.06. The number of rotatable bonds is 8. The van der Waals surface area contributed by atoms with Crippen molar-refractivity contribution in [2.24, 2.45) is 0 Å². The quantitative estimate of drug-likeness (QED) is 0.578. The van der Waals surface area contributed by atoms with Crippen molar-refractivity contribution in [2.75, 3.05) is 11.9 Å². The van der Waals surface area contributed by atoms with Gasteiger partial charge in [0.15, 0.2) is 0 Å². The van der Waals surface area contributed by atoms with Crippen LogP contribution in [0, 0.1) is 0 Å². The molecule has 1 rings (SSSR count). The van der Waals surface area contributed by atoms with E-state index in [2.05, 4.69) is 17.6 Å². The van der Waals surface area contributed by atoms with Crippen LogP contribution in [0.15, 0.2) is 24.3 Å². The summed E-state index contributed by atoms with van der Waals surface area (Å²) in [6.07, 6.45) is 2.49. The molecule has 140 valence electrons. The molecular weight excluding hydrogens is 320 g/mol. The van der Waals surface area contributed by atoms with E-state index in [0.29, 0.717) is 18.2 Å². The lowest BCUT2D eigenvalue weighted by atomic mass is 9.90. The Hall–Kier alpha value is -2.24. The van der Waals surface area contributed by atoms with Crippen LogP contribution in [0.5, 0.6) is 0 Å². The monoisotopic (exact) mass is 350 g/mol. The summed E-state index contributed by atoms with van der Waals surface area (Å²) >= 11 is 0. The van der Waals surface area contributed by atoms with Gasteiger partial charge >= 0.3 is 12.2 Å². The Bertz CT molecular complexity index is 550. The summed E-state index contributed by atoms with van der Waals surface area (Å²) < 4.78 is 5.22. The summed E-state index contributed by atoms with van der Waals surface area (Å²) in [6, 6.07) is 7.50. The number of carbonyl (C=O) groups is 2. The van der Waals surface area contributed by atoms with Gasteiger partial charge in [-0.25, -0.2) is 9.59 Å². The fraction of sp³-hybridized carbons (Fsp3) is 0.579. The van der Waals surface area contributed by atoms with Crippen molar-refractivity contribution in [3.63, 3.8) is 0 Å². The number of hydrogen-bond donors (Lipinski definition) is 3. The molecule has 0 aliphatic carbocycles. The van der Waals surface area contributed by atoms with Crippen LogP contribution in [-0.2, 0) is 4.74 Å². The largest absolute Gasteiger partial charge is 0.465 e. The van der Waals surface area contributed by atoms with Crippen molar-refractivity contribution in [3.05, 3.63) is 29.8 Å². The van der Waals surface area contributed by atoms with E-state index in [4.69, 9.17) is 9.84 Å². The van der Waals surface area contributed by atoms with Gasteiger partial charge in [0, 0.05) is 12.2 Å². The van der Waals surface area contributed by atoms with Gasteiger partial charge in [-0.15, -0.1) is 0 Å². The Kier molecular flexibility index (Phi) is 8.25. The van der Waals surface area contributed by atoms with Crippen LogP contribution in [0.25, 0.3) is 0 Å². The highest BCUT2D eigenvalue weighted by atomic mass is 16.6. The van der Waals surface area contributed by atoms with Crippen LogP contribution in [0.3, 0.4) is 0 Å². The lowest BCUT2D eigenvalue weighted by Crippen LogP contribution is -2.33. The van der Waals surface area contributed by atoms with Gasteiger partial charge in [-0.2, -0.15) is 0 Å². The fourth-order valence-corrected chi connectivity index (χ4v) is 2.64. The van der Waals surface area contributed by atoms with Crippen LogP contribution >= 0.6 is 0 Å². The minimum Gasteiger partial charge on any atom is -0.465 e. The maximum atomic E-state index is 11.6. The molecule has 6 heteroatoms. The molecule has 0 spiro atoms. The molecule has 1 aromatic carbocycles. The molecule has 0 fully saturated rings. The maximum Gasteiger partial charge on any atom is 0.409 e. The maximum absolute atomic E-state index is 11.6. The van der Waals surface area contributed by atoms with Gasteiger partial charge in [0.2, 0.25) is 0 Å². The van der Waals surface area contributed by atoms with Crippen molar-refractivity contribution in [2.45, 2.75) is 64.9 Å². The number of alkyl carbamates (subject to hydrolysis) is 1. The van der Waals surface area contributed by atoms with Crippen LogP contribution in [0.4, 0.5) is 15.3 Å². The molecule has 25 heavy (non-hydrogen) atoms. The highest BCUT2D eigenvalue weighted by molar-refractivity contribution is 5.82. The SMILES string of the molecule is CCCC(CCCNC(=O)OC(C)(C)C)c1ccc(NC(=O)O)cc1. The van der Waals surface area contributed by atoms with E-state index in [1.165, 1.54) is 5.56 Å². The van der Waals surface area contributed by atoms with E-state index in [0.717, 1.165) is 25.7 Å². The third kappa shape index (κ3) is 8.98. The van der Waals surface area contributed by atoms with Gasteiger partial charge in [0.1, 0.15) is 5.60 Å². The first-order valence-corrected chi connectivity index (χ1v) is 8.78. The average Bonchev–Trinajstić information content (AvgIpc) is 2.49. The number of nitrogens with one attached hydrogen (secondary N) is 2. The van der Waals surface area contributed by atoms with Gasteiger partial charge in [-0.1, -0.05) is 25.5 Å². The van der Waals surface area contributed by atoms with Gasteiger partial charge in [0.25, 0.3) is 0 Å². The second kappa shape index (κ2) is 9.91. The standard InChI is InChI=1S/C19H30N2O4/c1-5-7-14(8-6-13-20-18(24)25-19(2,3)4)15-9-11-16(12-10-15)21-17(22)23/h9-12,14,21H,5-8,13H2,1-4H3,(H,20,24)(H,22,23). The Balaban J connectivity index is 2.49. The zero-order chi connectivity index (χ0) is 18.9. The molecular formula is C19H30N2O4. The summed E-state index contributed by atoms with van der Waals surface area (Å²) in [5, 5.41) is 13.9. The second-order valence-electron chi connectivity index (χ2n) is 7.11. The van der Waals surface area contributed by atoms with Gasteiger partial charge in [-0.3, -0.25) is 5.32 Å². The Morgan fingerprint density at radius 2 is 1.80 bits per heavy atom. The molecule has 0 radical (unpaired) electrons. The fourth-order valence-electron chi connectivity index (χ4n) is 2.64. The van der Waals surface area contributed by atoms with Gasteiger partial charge < -0.3 is 15.2 Å². The topological polar surface area (TPSA) is 87.7 Å². The number of ether oxygens (including phenoxy) is 1. The van der Waals surface area contributed by atoms with E-state index in [-0.39, 0.29) is 6.09 Å². The van der Waals surface area contributed by atoms with Gasteiger partial charge in [0.05, 0.1) is 0 Å². The van der Waals surface area contributed by atoms with Crippen molar-refractivity contribution in [3.8, 4) is 0 Å². The molecule has 0 aliphatic heterocycles. The molecule has 0 saturated carbocycles. The average molecular weight is 350 g/mol. The molecule has 1 aromatic rings. The highest BCUT2D eigenvalue weighted by Crippen LogP contribution is 2.27. The summed E-state index contributed by atoms with van der Waals surface area (Å²) in [5.41, 5.74) is 1.27. The molecule has 0 heterocycles. The number of hydrogen-bond acceptors (Lipinski definition) is 3. The van der Waals surface area contributed by atoms with Crippen LogP contribution < -0.4 is 10.6 Å². The molecule has 6 nitrogen and oxygen atoms in total. The molecule has 3 N–H and O–H groups in total. The number of amides is 2. The van der Waals surface area contributed by atoms with Gasteiger partial charge in [-0.05, 0) is 63.6 Å². The first kappa shape index (κ1) is 20.8. The van der Waals surface area contributed by atoms with Crippen LogP contribution in [0.2, 0.25) is 0 Å². The minimum absolute atomic E-state index is 0.386. The first-order chi connectivity index (χ1) is 11.7. The van der Waals surface area contributed by atoms with E-state index in [9.17, 15) is 9.59 Å². The number of benzene rings is 1. The van der Waals surface area contributed by atoms with Crippen LogP contribution in [-0.4, -0.2) is 29.4 Å². The lowest BCUT2D eigenvalue weighted by molar-refractivity contribution is 0.0526. The Morgan fingerprint density at radius 3 is 2.32 bits per heavy atom. The Morgan fingerprint density at radius 1 is 1.16 bits per heavy atom. The van der Waals surface area contributed by atoms with E-state index in [1.54, 1.807) is 12.1 Å². The normalized spacial score (nSPS) is 12.3. The number of carboxylic acid groups (broad SMARTS) is 1. The molecule has 0 bridgehead atoms. The Labute approximate surface area is 150 Å². The third-order valence-electron chi connectivity index (χ3n) is 3.67. The number of carbonyl (C=O) groups excluding carboxylic acids is 1. The van der Waals surface area contributed by atoms with Crippen molar-refractivity contribution in [1.29, 1.82) is 0 Å². The van der Waals surface area contributed by atoms with Crippen molar-refractivity contribution in [1.82, 2.24) is 5.32 Å². The molecule has 0 aromatic heterocycles. The van der Waals surface area contributed by atoms with E-state index in [1.807, 2.05) is 32.9 Å². The lowest BCUT2D eigenvalue weighted by Gasteiger charge is -2.20. The first-order valence-electron chi connectivity index (χ1n) is 8.78. The van der Waals surface area contributed by atoms with E-state index < -0.39 is 11.7 Å².